The third-order valence-corrected chi connectivity index (χ3v) is 5.32. The normalized spacial score (nSPS) is 20.2. The third kappa shape index (κ3) is 2.87. The highest BCUT2D eigenvalue weighted by Gasteiger charge is 2.28. The second-order valence-corrected chi connectivity index (χ2v) is 7.35. The molecular formula is C12H14N2O6S. The van der Waals surface area contributed by atoms with Crippen LogP contribution in [-0.2, 0) is 9.84 Å². The number of ether oxygens (including phenoxy) is 2. The highest BCUT2D eigenvalue weighted by molar-refractivity contribution is 7.91. The Balaban J connectivity index is 1.83. The second kappa shape index (κ2) is 5.06. The van der Waals surface area contributed by atoms with Gasteiger partial charge in [0.15, 0.2) is 11.5 Å². The van der Waals surface area contributed by atoms with Gasteiger partial charge < -0.3 is 14.8 Å². The van der Waals surface area contributed by atoms with Crippen LogP contribution in [0.5, 0.6) is 11.5 Å². The molecule has 9 heteroatoms. The number of benzene rings is 1. The summed E-state index contributed by atoms with van der Waals surface area (Å²) >= 11 is 0. The Morgan fingerprint density at radius 1 is 1.19 bits per heavy atom. The Morgan fingerprint density at radius 2 is 1.81 bits per heavy atom. The molecule has 0 radical (unpaired) electrons. The quantitative estimate of drug-likeness (QED) is 0.662. The molecule has 21 heavy (non-hydrogen) atoms. The van der Waals surface area contributed by atoms with Crippen LogP contribution in [0.15, 0.2) is 12.1 Å². The number of hydrogen-bond donors (Lipinski definition) is 1. The van der Waals surface area contributed by atoms with E-state index in [1.807, 2.05) is 0 Å². The average molecular weight is 314 g/mol. The predicted molar refractivity (Wildman–Crippen MR) is 74.5 cm³/mol. The Morgan fingerprint density at radius 3 is 2.43 bits per heavy atom. The van der Waals surface area contributed by atoms with Crippen LogP contribution in [0.3, 0.4) is 0 Å². The van der Waals surface area contributed by atoms with E-state index in [9.17, 15) is 18.5 Å². The lowest BCUT2D eigenvalue weighted by atomic mass is 10.1. The smallest absolute Gasteiger partial charge is 0.296 e. The fraction of sp³-hybridized carbons (Fsp3) is 0.500. The SMILES string of the molecule is O=[N+]([O-])c1cc2c(cc1NC1CCS(=O)(=O)CC1)OCO2. The first-order valence-electron chi connectivity index (χ1n) is 6.49. The molecule has 0 unspecified atom stereocenters. The van der Waals surface area contributed by atoms with E-state index in [-0.39, 0.29) is 30.0 Å². The summed E-state index contributed by atoms with van der Waals surface area (Å²) in [6.45, 7) is 0.0393. The van der Waals surface area contributed by atoms with Crippen molar-refractivity contribution in [2.24, 2.45) is 0 Å². The third-order valence-electron chi connectivity index (χ3n) is 3.60. The summed E-state index contributed by atoms with van der Waals surface area (Å²) in [5, 5.41) is 14.2. The van der Waals surface area contributed by atoms with Gasteiger partial charge in [-0.1, -0.05) is 0 Å². The number of nitrogens with one attached hydrogen (secondary N) is 1. The Kier molecular flexibility index (Phi) is 3.36. The standard InChI is InChI=1S/C12H14N2O6S/c15-14(16)10-6-12-11(19-7-20-12)5-9(10)13-8-1-3-21(17,18)4-2-8/h5-6,8,13H,1-4,7H2. The average Bonchev–Trinajstić information content (AvgIpc) is 2.87. The minimum Gasteiger partial charge on any atom is -0.454 e. The second-order valence-electron chi connectivity index (χ2n) is 5.05. The van der Waals surface area contributed by atoms with Gasteiger partial charge in [-0.05, 0) is 12.8 Å². The van der Waals surface area contributed by atoms with Gasteiger partial charge in [0.2, 0.25) is 6.79 Å². The van der Waals surface area contributed by atoms with E-state index in [1.165, 1.54) is 12.1 Å². The van der Waals surface area contributed by atoms with Crippen molar-refractivity contribution in [1.29, 1.82) is 0 Å². The first kappa shape index (κ1) is 13.9. The fourth-order valence-electron chi connectivity index (χ4n) is 2.45. The first-order valence-corrected chi connectivity index (χ1v) is 8.32. The molecule has 0 bridgehead atoms. The monoisotopic (exact) mass is 314 g/mol. The first-order chi connectivity index (χ1) is 9.94. The van der Waals surface area contributed by atoms with Crippen LogP contribution in [0.1, 0.15) is 12.8 Å². The molecule has 0 spiro atoms. The van der Waals surface area contributed by atoms with Crippen molar-refractivity contribution in [3.63, 3.8) is 0 Å². The van der Waals surface area contributed by atoms with E-state index in [1.54, 1.807) is 0 Å². The minimum absolute atomic E-state index is 0.0393. The molecule has 8 nitrogen and oxygen atoms in total. The summed E-state index contributed by atoms with van der Waals surface area (Å²) < 4.78 is 33.2. The topological polar surface area (TPSA) is 108 Å². The molecule has 3 rings (SSSR count). The van der Waals surface area contributed by atoms with Gasteiger partial charge in [-0.2, -0.15) is 0 Å². The predicted octanol–water partition coefficient (Wildman–Crippen LogP) is 1.31. The van der Waals surface area contributed by atoms with Crippen LogP contribution in [0.25, 0.3) is 0 Å². The van der Waals surface area contributed by atoms with Gasteiger partial charge in [0.1, 0.15) is 15.5 Å². The van der Waals surface area contributed by atoms with Crippen LogP contribution in [0, 0.1) is 10.1 Å². The van der Waals surface area contributed by atoms with Crippen molar-refractivity contribution in [3.8, 4) is 11.5 Å². The van der Waals surface area contributed by atoms with Gasteiger partial charge in [-0.25, -0.2) is 8.42 Å². The van der Waals surface area contributed by atoms with Gasteiger partial charge in [0.25, 0.3) is 5.69 Å². The lowest BCUT2D eigenvalue weighted by Crippen LogP contribution is -2.32. The van der Waals surface area contributed by atoms with E-state index in [4.69, 9.17) is 9.47 Å². The number of nitro groups is 1. The maximum atomic E-state index is 11.4. The number of rotatable bonds is 3. The molecule has 2 aliphatic heterocycles. The number of nitro benzene ring substituents is 1. The van der Waals surface area contributed by atoms with Gasteiger partial charge in [-0.3, -0.25) is 10.1 Å². The van der Waals surface area contributed by atoms with E-state index in [0.717, 1.165) is 0 Å². The maximum absolute atomic E-state index is 11.4. The molecule has 0 aliphatic carbocycles. The molecule has 2 aliphatic rings. The molecule has 1 fully saturated rings. The van der Waals surface area contributed by atoms with Crippen molar-refractivity contribution >= 4 is 21.2 Å². The summed E-state index contributed by atoms with van der Waals surface area (Å²) in [5.74, 6) is 0.997. The summed E-state index contributed by atoms with van der Waals surface area (Å²) in [4.78, 5) is 10.6. The molecule has 1 aromatic carbocycles. The van der Waals surface area contributed by atoms with E-state index >= 15 is 0 Å². The van der Waals surface area contributed by atoms with Crippen molar-refractivity contribution in [2.75, 3.05) is 23.6 Å². The highest BCUT2D eigenvalue weighted by Crippen LogP contribution is 2.41. The van der Waals surface area contributed by atoms with Gasteiger partial charge >= 0.3 is 0 Å². The van der Waals surface area contributed by atoms with E-state index < -0.39 is 14.8 Å². The van der Waals surface area contributed by atoms with Crippen LogP contribution < -0.4 is 14.8 Å². The molecule has 114 valence electrons. The van der Waals surface area contributed by atoms with Gasteiger partial charge in [0.05, 0.1) is 22.5 Å². The molecule has 0 saturated carbocycles. The highest BCUT2D eigenvalue weighted by atomic mass is 32.2. The zero-order valence-electron chi connectivity index (χ0n) is 11.1. The van der Waals surface area contributed by atoms with Crippen molar-refractivity contribution in [2.45, 2.75) is 18.9 Å². The zero-order valence-corrected chi connectivity index (χ0v) is 11.9. The zero-order chi connectivity index (χ0) is 15.0. The molecule has 1 aromatic rings. The molecular weight excluding hydrogens is 300 g/mol. The molecule has 2 heterocycles. The van der Waals surface area contributed by atoms with Crippen molar-refractivity contribution in [3.05, 3.63) is 22.2 Å². The van der Waals surface area contributed by atoms with E-state index in [2.05, 4.69) is 5.32 Å². The Hall–Kier alpha value is -2.03. The number of hydrogen-bond acceptors (Lipinski definition) is 7. The van der Waals surface area contributed by atoms with Crippen molar-refractivity contribution in [1.82, 2.24) is 0 Å². The molecule has 0 amide bonds. The largest absolute Gasteiger partial charge is 0.454 e. The number of anilines is 1. The summed E-state index contributed by atoms with van der Waals surface area (Å²) in [7, 11) is -2.96. The molecule has 1 saturated heterocycles. The van der Waals surface area contributed by atoms with Crippen LogP contribution in [0.2, 0.25) is 0 Å². The van der Waals surface area contributed by atoms with Gasteiger partial charge in [0, 0.05) is 12.1 Å². The number of nitrogens with zero attached hydrogens (tertiary/aromatic N) is 1. The lowest BCUT2D eigenvalue weighted by Gasteiger charge is -2.23. The maximum Gasteiger partial charge on any atom is 0.296 e. The number of fused-ring (bicyclic) bond motifs is 1. The fourth-order valence-corrected chi connectivity index (χ4v) is 3.94. The summed E-state index contributed by atoms with van der Waals surface area (Å²) in [6.07, 6.45) is 0.877. The Labute approximate surface area is 121 Å². The Bertz CT molecular complexity index is 673. The molecule has 1 N–H and O–H groups in total. The van der Waals surface area contributed by atoms with E-state index in [0.29, 0.717) is 30.0 Å². The van der Waals surface area contributed by atoms with Gasteiger partial charge in [-0.15, -0.1) is 0 Å². The van der Waals surface area contributed by atoms with Crippen LogP contribution in [-0.4, -0.2) is 37.7 Å². The minimum atomic E-state index is -2.96. The van der Waals surface area contributed by atoms with Crippen molar-refractivity contribution < 1.29 is 22.8 Å². The number of sulfone groups is 1. The summed E-state index contributed by atoms with van der Waals surface area (Å²) in [6, 6.07) is 2.75. The summed E-state index contributed by atoms with van der Waals surface area (Å²) in [5.41, 5.74) is 0.223. The van der Waals surface area contributed by atoms with Crippen LogP contribution >= 0.6 is 0 Å². The molecule has 0 atom stereocenters. The van der Waals surface area contributed by atoms with Crippen LogP contribution in [0.4, 0.5) is 11.4 Å². The lowest BCUT2D eigenvalue weighted by molar-refractivity contribution is -0.384. The molecule has 0 aromatic heterocycles.